The van der Waals surface area contributed by atoms with Crippen molar-refractivity contribution in [3.05, 3.63) is 65.0 Å². The van der Waals surface area contributed by atoms with Crippen molar-refractivity contribution >= 4 is 11.8 Å². The first-order chi connectivity index (χ1) is 13.1. The fourth-order valence-electron chi connectivity index (χ4n) is 3.22. The van der Waals surface area contributed by atoms with Crippen LogP contribution in [0.2, 0.25) is 0 Å². The molecule has 1 aromatic heterocycles. The van der Waals surface area contributed by atoms with Gasteiger partial charge in [-0.2, -0.15) is 0 Å². The summed E-state index contributed by atoms with van der Waals surface area (Å²) in [5.74, 6) is -0.289. The Morgan fingerprint density at radius 3 is 2.48 bits per heavy atom. The molecule has 0 spiro atoms. The van der Waals surface area contributed by atoms with E-state index in [1.54, 1.807) is 6.07 Å². The highest BCUT2D eigenvalue weighted by atomic mass is 16.2. The summed E-state index contributed by atoms with van der Waals surface area (Å²) in [6, 6.07) is 9.56. The minimum Gasteiger partial charge on any atom is -0.348 e. The third-order valence-corrected chi connectivity index (χ3v) is 5.05. The van der Waals surface area contributed by atoms with E-state index < -0.39 is 0 Å². The van der Waals surface area contributed by atoms with Crippen molar-refractivity contribution in [2.75, 3.05) is 32.7 Å². The van der Waals surface area contributed by atoms with Crippen molar-refractivity contribution in [3.63, 3.8) is 0 Å². The molecule has 142 valence electrons. The Morgan fingerprint density at radius 2 is 1.78 bits per heavy atom. The SMILES string of the molecule is CCN1CCN(C(=O)c2cncc(C(=O)NCc3ccccc3C)c2)CC1. The summed E-state index contributed by atoms with van der Waals surface area (Å²) in [5.41, 5.74) is 3.07. The Hall–Kier alpha value is -2.73. The van der Waals surface area contributed by atoms with Crippen molar-refractivity contribution in [2.24, 2.45) is 0 Å². The van der Waals surface area contributed by atoms with Crippen LogP contribution < -0.4 is 5.32 Å². The molecule has 2 heterocycles. The van der Waals surface area contributed by atoms with Gasteiger partial charge in [-0.3, -0.25) is 14.6 Å². The predicted molar refractivity (Wildman–Crippen MR) is 105 cm³/mol. The third-order valence-electron chi connectivity index (χ3n) is 5.05. The largest absolute Gasteiger partial charge is 0.348 e. The van der Waals surface area contributed by atoms with E-state index in [0.29, 0.717) is 30.8 Å². The first-order valence-electron chi connectivity index (χ1n) is 9.38. The molecule has 27 heavy (non-hydrogen) atoms. The second kappa shape index (κ2) is 8.77. The number of aryl methyl sites for hydroxylation is 1. The van der Waals surface area contributed by atoms with Crippen molar-refractivity contribution < 1.29 is 9.59 Å². The number of amides is 2. The van der Waals surface area contributed by atoms with Gasteiger partial charge in [-0.15, -0.1) is 0 Å². The van der Waals surface area contributed by atoms with Crippen LogP contribution in [0.1, 0.15) is 38.8 Å². The van der Waals surface area contributed by atoms with Gasteiger partial charge < -0.3 is 15.1 Å². The van der Waals surface area contributed by atoms with Crippen molar-refractivity contribution in [2.45, 2.75) is 20.4 Å². The minimum atomic E-state index is -0.226. The van der Waals surface area contributed by atoms with Crippen LogP contribution in [0.25, 0.3) is 0 Å². The molecule has 1 aromatic carbocycles. The van der Waals surface area contributed by atoms with Gasteiger partial charge in [0.05, 0.1) is 11.1 Å². The molecule has 1 saturated heterocycles. The second-order valence-electron chi connectivity index (χ2n) is 6.80. The van der Waals surface area contributed by atoms with E-state index in [1.165, 1.54) is 12.4 Å². The van der Waals surface area contributed by atoms with Crippen LogP contribution in [0.5, 0.6) is 0 Å². The van der Waals surface area contributed by atoms with E-state index in [0.717, 1.165) is 30.8 Å². The Balaban J connectivity index is 1.63. The van der Waals surface area contributed by atoms with E-state index in [4.69, 9.17) is 0 Å². The topological polar surface area (TPSA) is 65.5 Å². The van der Waals surface area contributed by atoms with E-state index in [2.05, 4.69) is 22.1 Å². The zero-order valence-corrected chi connectivity index (χ0v) is 15.9. The molecule has 3 rings (SSSR count). The Kier molecular flexibility index (Phi) is 6.19. The Morgan fingerprint density at radius 1 is 1.07 bits per heavy atom. The summed E-state index contributed by atoms with van der Waals surface area (Å²) in [6.45, 7) is 8.76. The molecule has 0 unspecified atom stereocenters. The number of rotatable bonds is 5. The summed E-state index contributed by atoms with van der Waals surface area (Å²) in [4.78, 5) is 33.5. The monoisotopic (exact) mass is 366 g/mol. The summed E-state index contributed by atoms with van der Waals surface area (Å²) in [6.07, 6.45) is 3.03. The van der Waals surface area contributed by atoms with Crippen LogP contribution in [0.4, 0.5) is 0 Å². The third kappa shape index (κ3) is 4.71. The molecule has 6 heteroatoms. The quantitative estimate of drug-likeness (QED) is 0.880. The van der Waals surface area contributed by atoms with Gasteiger partial charge in [-0.25, -0.2) is 0 Å². The number of aromatic nitrogens is 1. The lowest BCUT2D eigenvalue weighted by Gasteiger charge is -2.34. The van der Waals surface area contributed by atoms with Crippen LogP contribution in [0.3, 0.4) is 0 Å². The van der Waals surface area contributed by atoms with Crippen molar-refractivity contribution in [1.29, 1.82) is 0 Å². The maximum atomic E-state index is 12.7. The molecule has 2 aromatic rings. The number of benzene rings is 1. The number of nitrogens with one attached hydrogen (secondary N) is 1. The molecule has 0 radical (unpaired) electrons. The van der Waals surface area contributed by atoms with Gasteiger partial charge in [0.2, 0.25) is 0 Å². The van der Waals surface area contributed by atoms with Crippen LogP contribution in [-0.2, 0) is 6.54 Å². The van der Waals surface area contributed by atoms with Gasteiger partial charge in [0.25, 0.3) is 11.8 Å². The van der Waals surface area contributed by atoms with Gasteiger partial charge >= 0.3 is 0 Å². The molecular weight excluding hydrogens is 340 g/mol. The van der Waals surface area contributed by atoms with Crippen LogP contribution in [-0.4, -0.2) is 59.3 Å². The first kappa shape index (κ1) is 19.0. The second-order valence-corrected chi connectivity index (χ2v) is 6.80. The first-order valence-corrected chi connectivity index (χ1v) is 9.38. The maximum absolute atomic E-state index is 12.7. The van der Waals surface area contributed by atoms with Crippen molar-refractivity contribution in [1.82, 2.24) is 20.1 Å². The van der Waals surface area contributed by atoms with Gasteiger partial charge in [0, 0.05) is 45.1 Å². The Labute approximate surface area is 160 Å². The minimum absolute atomic E-state index is 0.0631. The molecule has 2 amide bonds. The highest BCUT2D eigenvalue weighted by molar-refractivity contribution is 5.99. The number of likely N-dealkylation sites (N-methyl/N-ethyl adjacent to an activating group) is 1. The number of hydrogen-bond donors (Lipinski definition) is 1. The number of hydrogen-bond acceptors (Lipinski definition) is 4. The van der Waals surface area contributed by atoms with Crippen LogP contribution in [0, 0.1) is 6.92 Å². The summed E-state index contributed by atoms with van der Waals surface area (Å²) < 4.78 is 0. The lowest BCUT2D eigenvalue weighted by atomic mass is 10.1. The Bertz CT molecular complexity index is 813. The number of nitrogens with zero attached hydrogens (tertiary/aromatic N) is 3. The fraction of sp³-hybridized carbons (Fsp3) is 0.381. The van der Waals surface area contributed by atoms with Gasteiger partial charge in [-0.05, 0) is 30.7 Å². The van der Waals surface area contributed by atoms with Crippen molar-refractivity contribution in [3.8, 4) is 0 Å². The molecule has 0 saturated carbocycles. The highest BCUT2D eigenvalue weighted by Gasteiger charge is 2.22. The molecule has 1 aliphatic rings. The van der Waals surface area contributed by atoms with E-state index >= 15 is 0 Å². The van der Waals surface area contributed by atoms with E-state index in [1.807, 2.05) is 36.1 Å². The van der Waals surface area contributed by atoms with E-state index in [9.17, 15) is 9.59 Å². The number of carbonyl (C=O) groups excluding carboxylic acids is 2. The average Bonchev–Trinajstić information content (AvgIpc) is 2.72. The maximum Gasteiger partial charge on any atom is 0.255 e. The summed E-state index contributed by atoms with van der Waals surface area (Å²) >= 11 is 0. The number of carbonyl (C=O) groups is 2. The molecule has 1 fully saturated rings. The van der Waals surface area contributed by atoms with Crippen LogP contribution >= 0.6 is 0 Å². The fourth-order valence-corrected chi connectivity index (χ4v) is 3.22. The molecule has 1 aliphatic heterocycles. The summed E-state index contributed by atoms with van der Waals surface area (Å²) in [5, 5.41) is 2.90. The molecule has 0 aliphatic carbocycles. The lowest BCUT2D eigenvalue weighted by molar-refractivity contribution is 0.0643. The number of piperazine rings is 1. The standard InChI is InChI=1S/C21H26N4O2/c1-3-24-8-10-25(11-9-24)21(27)19-12-18(13-22-14-19)20(26)23-15-17-7-5-4-6-16(17)2/h4-7,12-14H,3,8-11,15H2,1-2H3,(H,23,26). The zero-order valence-electron chi connectivity index (χ0n) is 15.9. The van der Waals surface area contributed by atoms with Crippen LogP contribution in [0.15, 0.2) is 42.7 Å². The molecule has 0 atom stereocenters. The molecule has 0 bridgehead atoms. The molecular formula is C21H26N4O2. The zero-order chi connectivity index (χ0) is 19.2. The van der Waals surface area contributed by atoms with Gasteiger partial charge in [0.15, 0.2) is 0 Å². The molecule has 6 nitrogen and oxygen atoms in total. The lowest BCUT2D eigenvalue weighted by Crippen LogP contribution is -2.48. The average molecular weight is 366 g/mol. The smallest absolute Gasteiger partial charge is 0.255 e. The normalized spacial score (nSPS) is 14.8. The van der Waals surface area contributed by atoms with Gasteiger partial charge in [0.1, 0.15) is 0 Å². The summed E-state index contributed by atoms with van der Waals surface area (Å²) in [7, 11) is 0. The predicted octanol–water partition coefficient (Wildman–Crippen LogP) is 2.10. The number of pyridine rings is 1. The van der Waals surface area contributed by atoms with E-state index in [-0.39, 0.29) is 11.8 Å². The molecule has 1 N–H and O–H groups in total. The van der Waals surface area contributed by atoms with Gasteiger partial charge in [-0.1, -0.05) is 31.2 Å². The highest BCUT2D eigenvalue weighted by Crippen LogP contribution is 2.11.